The number of aryl methyl sites for hydroxylation is 1. The molecule has 28 heavy (non-hydrogen) atoms. The van der Waals surface area contributed by atoms with E-state index in [1.807, 2.05) is 0 Å². The number of carbonyl (C=O) groups excluding carboxylic acids is 4. The zero-order chi connectivity index (χ0) is 19.8. The lowest BCUT2D eigenvalue weighted by molar-refractivity contribution is -0.140. The lowest BCUT2D eigenvalue weighted by Gasteiger charge is -2.19. The minimum Gasteiger partial charge on any atom is -0.365 e. The van der Waals surface area contributed by atoms with Crippen LogP contribution in [0.25, 0.3) is 0 Å². The number of amides is 4. The average molecular weight is 404 g/mol. The van der Waals surface area contributed by atoms with Crippen LogP contribution in [0.4, 0.5) is 5.00 Å². The number of nitrogens with zero attached hydrogens (tertiary/aromatic N) is 1. The largest absolute Gasteiger partial charge is 0.365 e. The fourth-order valence-electron chi connectivity index (χ4n) is 4.77. The summed E-state index contributed by atoms with van der Waals surface area (Å²) in [6, 6.07) is 0. The molecule has 1 saturated heterocycles. The molecule has 1 aromatic rings. The van der Waals surface area contributed by atoms with Gasteiger partial charge in [-0.25, -0.2) is 0 Å². The summed E-state index contributed by atoms with van der Waals surface area (Å²) < 4.78 is 0. The number of likely N-dealkylation sites (tertiary alicyclic amines) is 1. The number of fused-ring (bicyclic) bond motifs is 2. The number of primary amides is 1. The smallest absolute Gasteiger partial charge is 0.251 e. The van der Waals surface area contributed by atoms with Crippen molar-refractivity contribution in [1.29, 1.82) is 0 Å². The lowest BCUT2D eigenvalue weighted by Crippen LogP contribution is -2.34. The molecule has 0 radical (unpaired) electrons. The van der Waals surface area contributed by atoms with Crippen LogP contribution in [0.5, 0.6) is 0 Å². The number of nitrogens with one attached hydrogen (secondary N) is 1. The number of rotatable bonds is 5. The lowest BCUT2D eigenvalue weighted by atomic mass is 9.81. The standard InChI is InChI=1S/C20H25N3O4S/c21-17(25)16-13-7-3-4-8-14(13)28-18(16)22-15(24)9-10-23-19(26)11-5-1-2-6-12(11)20(23)27/h11-12H,1-10H2,(H2,21,25)(H,22,24). The summed E-state index contributed by atoms with van der Waals surface area (Å²) in [5.41, 5.74) is 6.94. The van der Waals surface area contributed by atoms with Gasteiger partial charge in [-0.2, -0.15) is 0 Å². The SMILES string of the molecule is NC(=O)c1c(NC(=O)CCN2C(=O)C3CCCCC3C2=O)sc2c1CCCC2. The van der Waals surface area contributed by atoms with Crippen LogP contribution in [-0.2, 0) is 27.2 Å². The number of nitrogens with two attached hydrogens (primary N) is 1. The summed E-state index contributed by atoms with van der Waals surface area (Å²) in [5.74, 6) is -1.50. The van der Waals surface area contributed by atoms with Gasteiger partial charge in [-0.3, -0.25) is 24.1 Å². The zero-order valence-corrected chi connectivity index (χ0v) is 16.6. The minimum atomic E-state index is -0.524. The topological polar surface area (TPSA) is 110 Å². The molecule has 3 N–H and O–H groups in total. The molecule has 0 bridgehead atoms. The van der Waals surface area contributed by atoms with Crippen molar-refractivity contribution in [2.45, 2.75) is 57.8 Å². The summed E-state index contributed by atoms with van der Waals surface area (Å²) in [6.07, 6.45) is 7.30. The molecule has 2 aliphatic carbocycles. The summed E-state index contributed by atoms with van der Waals surface area (Å²) in [6.45, 7) is 0.0908. The van der Waals surface area contributed by atoms with E-state index in [2.05, 4.69) is 5.32 Å². The van der Waals surface area contributed by atoms with Crippen molar-refractivity contribution >= 4 is 40.0 Å². The normalized spacial score (nSPS) is 24.1. The first-order valence-corrected chi connectivity index (χ1v) is 10.9. The highest BCUT2D eigenvalue weighted by Crippen LogP contribution is 2.39. The molecule has 2 atom stereocenters. The molecule has 1 aromatic heterocycles. The van der Waals surface area contributed by atoms with Crippen molar-refractivity contribution in [2.24, 2.45) is 17.6 Å². The van der Waals surface area contributed by atoms with Crippen LogP contribution in [-0.4, -0.2) is 35.1 Å². The third kappa shape index (κ3) is 3.34. The zero-order valence-electron chi connectivity index (χ0n) is 15.8. The first kappa shape index (κ1) is 19.1. The highest BCUT2D eigenvalue weighted by Gasteiger charge is 2.47. The Morgan fingerprint density at radius 2 is 1.68 bits per heavy atom. The highest BCUT2D eigenvalue weighted by atomic mass is 32.1. The number of hydrogen-bond donors (Lipinski definition) is 2. The molecule has 1 saturated carbocycles. The first-order chi connectivity index (χ1) is 13.5. The van der Waals surface area contributed by atoms with Crippen molar-refractivity contribution in [2.75, 3.05) is 11.9 Å². The van der Waals surface area contributed by atoms with Crippen molar-refractivity contribution in [3.63, 3.8) is 0 Å². The summed E-state index contributed by atoms with van der Waals surface area (Å²) in [4.78, 5) is 51.8. The van der Waals surface area contributed by atoms with Crippen molar-refractivity contribution in [1.82, 2.24) is 4.90 Å². The van der Waals surface area contributed by atoms with Gasteiger partial charge in [-0.05, 0) is 44.1 Å². The number of thiophene rings is 1. The van der Waals surface area contributed by atoms with Gasteiger partial charge in [0, 0.05) is 17.8 Å². The summed E-state index contributed by atoms with van der Waals surface area (Å²) in [7, 11) is 0. The molecule has 2 fully saturated rings. The fourth-order valence-corrected chi connectivity index (χ4v) is 6.08. The Labute approximate surface area is 167 Å². The molecule has 1 aliphatic heterocycles. The second-order valence-corrected chi connectivity index (χ2v) is 9.01. The predicted octanol–water partition coefficient (Wildman–Crippen LogP) is 2.23. The van der Waals surface area contributed by atoms with Crippen LogP contribution in [0.3, 0.4) is 0 Å². The number of carbonyl (C=O) groups is 4. The molecule has 7 nitrogen and oxygen atoms in total. The molecular weight excluding hydrogens is 378 g/mol. The Balaban J connectivity index is 1.41. The molecule has 4 amide bonds. The Morgan fingerprint density at radius 1 is 1.04 bits per heavy atom. The van der Waals surface area contributed by atoms with Gasteiger partial charge >= 0.3 is 0 Å². The molecule has 2 unspecified atom stereocenters. The van der Waals surface area contributed by atoms with E-state index in [9.17, 15) is 19.2 Å². The third-order valence-corrected chi connectivity index (χ3v) is 7.37. The van der Waals surface area contributed by atoms with Gasteiger partial charge in [-0.1, -0.05) is 12.8 Å². The van der Waals surface area contributed by atoms with Gasteiger partial charge in [0.05, 0.1) is 17.4 Å². The van der Waals surface area contributed by atoms with E-state index in [0.717, 1.165) is 61.8 Å². The van der Waals surface area contributed by atoms with Gasteiger partial charge in [0.25, 0.3) is 5.91 Å². The molecule has 4 rings (SSSR count). The monoisotopic (exact) mass is 403 g/mol. The van der Waals surface area contributed by atoms with Crippen molar-refractivity contribution < 1.29 is 19.2 Å². The number of anilines is 1. The molecule has 8 heteroatoms. The Morgan fingerprint density at radius 3 is 2.32 bits per heavy atom. The van der Waals surface area contributed by atoms with E-state index in [4.69, 9.17) is 5.73 Å². The third-order valence-electron chi connectivity index (χ3n) is 6.17. The van der Waals surface area contributed by atoms with Gasteiger partial charge in [0.2, 0.25) is 17.7 Å². The van der Waals surface area contributed by atoms with Gasteiger partial charge in [0.15, 0.2) is 0 Å². The van der Waals surface area contributed by atoms with Gasteiger partial charge in [0.1, 0.15) is 5.00 Å². The minimum absolute atomic E-state index is 0.0255. The maximum atomic E-state index is 12.5. The molecule has 0 spiro atoms. The fraction of sp³-hybridized carbons (Fsp3) is 0.600. The van der Waals surface area contributed by atoms with Crippen LogP contribution in [0.15, 0.2) is 0 Å². The Hall–Kier alpha value is -2.22. The molecule has 3 aliphatic rings. The molecule has 150 valence electrons. The second kappa shape index (κ2) is 7.66. The van der Waals surface area contributed by atoms with E-state index in [1.54, 1.807) is 0 Å². The highest BCUT2D eigenvalue weighted by molar-refractivity contribution is 7.17. The predicted molar refractivity (Wildman–Crippen MR) is 105 cm³/mol. The van der Waals surface area contributed by atoms with E-state index in [1.165, 1.54) is 16.2 Å². The number of hydrogen-bond acceptors (Lipinski definition) is 5. The number of imide groups is 1. The Kier molecular flexibility index (Phi) is 5.23. The maximum Gasteiger partial charge on any atom is 0.251 e. The summed E-state index contributed by atoms with van der Waals surface area (Å²) >= 11 is 1.41. The quantitative estimate of drug-likeness (QED) is 0.735. The Bertz CT molecular complexity index is 823. The van der Waals surface area contributed by atoms with Crippen LogP contribution in [0.1, 0.15) is 65.7 Å². The van der Waals surface area contributed by atoms with Crippen molar-refractivity contribution in [3.8, 4) is 0 Å². The van der Waals surface area contributed by atoms with E-state index >= 15 is 0 Å². The van der Waals surface area contributed by atoms with Gasteiger partial charge in [-0.15, -0.1) is 11.3 Å². The molecule has 2 heterocycles. The van der Waals surface area contributed by atoms with Gasteiger partial charge < -0.3 is 11.1 Å². The van der Waals surface area contributed by atoms with E-state index in [-0.39, 0.29) is 42.5 Å². The van der Waals surface area contributed by atoms with Crippen LogP contribution >= 0.6 is 11.3 Å². The summed E-state index contributed by atoms with van der Waals surface area (Å²) in [5, 5.41) is 3.29. The van der Waals surface area contributed by atoms with Crippen molar-refractivity contribution in [3.05, 3.63) is 16.0 Å². The average Bonchev–Trinajstić information content (AvgIpc) is 3.16. The van der Waals surface area contributed by atoms with E-state index in [0.29, 0.717) is 10.6 Å². The maximum absolute atomic E-state index is 12.5. The first-order valence-electron chi connectivity index (χ1n) is 10.1. The van der Waals surface area contributed by atoms with Crippen LogP contribution < -0.4 is 11.1 Å². The van der Waals surface area contributed by atoms with Crippen LogP contribution in [0, 0.1) is 11.8 Å². The van der Waals surface area contributed by atoms with E-state index < -0.39 is 5.91 Å². The van der Waals surface area contributed by atoms with Crippen LogP contribution in [0.2, 0.25) is 0 Å². The second-order valence-electron chi connectivity index (χ2n) is 7.90. The molecular formula is C20H25N3O4S. The molecule has 0 aromatic carbocycles.